The number of rotatable bonds is 6. The lowest BCUT2D eigenvalue weighted by Gasteiger charge is -2.28. The maximum absolute atomic E-state index is 2.31. The summed E-state index contributed by atoms with van der Waals surface area (Å²) in [6.07, 6.45) is 0. The summed E-state index contributed by atoms with van der Waals surface area (Å²) in [6, 6.07) is 22.4. The quantitative estimate of drug-likeness (QED) is 0.492. The van der Waals surface area contributed by atoms with E-state index in [4.69, 9.17) is 0 Å². The van der Waals surface area contributed by atoms with E-state index in [-0.39, 0.29) is 5.92 Å². The molecule has 0 bridgehead atoms. The lowest BCUT2D eigenvalue weighted by molar-refractivity contribution is 0.932. The average molecular weight is 402 g/mol. The lowest BCUT2D eigenvalue weighted by Crippen LogP contribution is -2.16. The number of hydrogen-bond acceptors (Lipinski definition) is 3. The SMILES string of the molecule is Cc1cc(N(C)C)ccc1C(c1ccc(N(C)C)cc1C)c1ccccc1N(C)C. The Kier molecular flexibility index (Phi) is 6.40. The maximum atomic E-state index is 2.31. The van der Waals surface area contributed by atoms with Gasteiger partial charge in [0.2, 0.25) is 0 Å². The third-order valence-electron chi connectivity index (χ3n) is 5.89. The van der Waals surface area contributed by atoms with Gasteiger partial charge in [-0.15, -0.1) is 0 Å². The van der Waals surface area contributed by atoms with Crippen molar-refractivity contribution in [2.24, 2.45) is 0 Å². The largest absolute Gasteiger partial charge is 0.378 e. The molecule has 3 rings (SSSR count). The third kappa shape index (κ3) is 4.30. The van der Waals surface area contributed by atoms with E-state index in [2.05, 4.69) is 131 Å². The molecule has 0 aromatic heterocycles. The number of para-hydroxylation sites is 1. The van der Waals surface area contributed by atoms with Gasteiger partial charge in [0.25, 0.3) is 0 Å². The summed E-state index contributed by atoms with van der Waals surface area (Å²) < 4.78 is 0. The van der Waals surface area contributed by atoms with Crippen molar-refractivity contribution in [3.63, 3.8) is 0 Å². The summed E-state index contributed by atoms with van der Waals surface area (Å²) in [4.78, 5) is 6.54. The fourth-order valence-corrected chi connectivity index (χ4v) is 4.17. The molecule has 30 heavy (non-hydrogen) atoms. The van der Waals surface area contributed by atoms with Gasteiger partial charge in [-0.2, -0.15) is 0 Å². The van der Waals surface area contributed by atoms with E-state index in [1.165, 1.54) is 44.9 Å². The van der Waals surface area contributed by atoms with E-state index in [0.717, 1.165) is 0 Å². The van der Waals surface area contributed by atoms with Crippen LogP contribution >= 0.6 is 0 Å². The Morgan fingerprint density at radius 2 is 1.00 bits per heavy atom. The molecule has 0 aliphatic rings. The summed E-state index contributed by atoms with van der Waals surface area (Å²) >= 11 is 0. The Labute approximate surface area is 182 Å². The van der Waals surface area contributed by atoms with E-state index in [1.54, 1.807) is 0 Å². The Balaban J connectivity index is 2.26. The van der Waals surface area contributed by atoms with Gasteiger partial charge in [0, 0.05) is 65.3 Å². The van der Waals surface area contributed by atoms with Crippen LogP contribution in [0.5, 0.6) is 0 Å². The van der Waals surface area contributed by atoms with Crippen molar-refractivity contribution in [3.05, 3.63) is 88.5 Å². The fourth-order valence-electron chi connectivity index (χ4n) is 4.17. The molecule has 3 aromatic carbocycles. The van der Waals surface area contributed by atoms with Gasteiger partial charge in [-0.05, 0) is 72.0 Å². The second-order valence-corrected chi connectivity index (χ2v) is 8.76. The molecular weight excluding hydrogens is 366 g/mol. The van der Waals surface area contributed by atoms with Crippen LogP contribution in [0, 0.1) is 13.8 Å². The van der Waals surface area contributed by atoms with E-state index in [1.807, 2.05) is 0 Å². The molecule has 0 amide bonds. The maximum Gasteiger partial charge on any atom is 0.0403 e. The molecule has 0 fully saturated rings. The van der Waals surface area contributed by atoms with Gasteiger partial charge < -0.3 is 14.7 Å². The lowest BCUT2D eigenvalue weighted by atomic mass is 9.80. The van der Waals surface area contributed by atoms with Gasteiger partial charge >= 0.3 is 0 Å². The minimum atomic E-state index is 0.177. The van der Waals surface area contributed by atoms with Crippen molar-refractivity contribution in [1.82, 2.24) is 0 Å². The predicted molar refractivity (Wildman–Crippen MR) is 133 cm³/mol. The van der Waals surface area contributed by atoms with E-state index >= 15 is 0 Å². The number of hydrogen-bond donors (Lipinski definition) is 0. The highest BCUT2D eigenvalue weighted by atomic mass is 15.1. The topological polar surface area (TPSA) is 9.72 Å². The average Bonchev–Trinajstić information content (AvgIpc) is 2.70. The number of nitrogens with zero attached hydrogens (tertiary/aromatic N) is 3. The first-order valence-electron chi connectivity index (χ1n) is 10.5. The molecule has 3 heteroatoms. The summed E-state index contributed by atoms with van der Waals surface area (Å²) in [5.41, 5.74) is 10.4. The zero-order valence-corrected chi connectivity index (χ0v) is 19.7. The summed E-state index contributed by atoms with van der Waals surface area (Å²) in [7, 11) is 12.6. The summed E-state index contributed by atoms with van der Waals surface area (Å²) in [5, 5.41) is 0. The molecule has 0 saturated heterocycles. The molecule has 0 N–H and O–H groups in total. The highest BCUT2D eigenvalue weighted by Crippen LogP contribution is 2.41. The van der Waals surface area contributed by atoms with Crippen molar-refractivity contribution < 1.29 is 0 Å². The van der Waals surface area contributed by atoms with E-state index in [0.29, 0.717) is 0 Å². The van der Waals surface area contributed by atoms with Gasteiger partial charge in [0.15, 0.2) is 0 Å². The molecule has 0 saturated carbocycles. The van der Waals surface area contributed by atoms with Crippen LogP contribution in [0.2, 0.25) is 0 Å². The molecule has 0 unspecified atom stereocenters. The van der Waals surface area contributed by atoms with Crippen LogP contribution in [0.1, 0.15) is 33.7 Å². The first-order valence-corrected chi connectivity index (χ1v) is 10.5. The second-order valence-electron chi connectivity index (χ2n) is 8.76. The highest BCUT2D eigenvalue weighted by molar-refractivity contribution is 5.64. The fraction of sp³-hybridized carbons (Fsp3) is 0.333. The second kappa shape index (κ2) is 8.83. The van der Waals surface area contributed by atoms with E-state index < -0.39 is 0 Å². The van der Waals surface area contributed by atoms with Crippen LogP contribution in [-0.2, 0) is 0 Å². The zero-order chi connectivity index (χ0) is 22.0. The van der Waals surface area contributed by atoms with Crippen LogP contribution in [0.15, 0.2) is 60.7 Å². The van der Waals surface area contributed by atoms with Crippen molar-refractivity contribution >= 4 is 17.1 Å². The van der Waals surface area contributed by atoms with Gasteiger partial charge in [0.05, 0.1) is 0 Å². The predicted octanol–water partition coefficient (Wildman–Crippen LogP) is 5.68. The molecule has 0 radical (unpaired) electrons. The smallest absolute Gasteiger partial charge is 0.0403 e. The Morgan fingerprint density at radius 3 is 1.40 bits per heavy atom. The Morgan fingerprint density at radius 1 is 0.533 bits per heavy atom. The van der Waals surface area contributed by atoms with Crippen molar-refractivity contribution in [2.45, 2.75) is 19.8 Å². The van der Waals surface area contributed by atoms with Crippen LogP contribution < -0.4 is 14.7 Å². The Hall–Kier alpha value is -2.94. The summed E-state index contributed by atoms with van der Waals surface area (Å²) in [6.45, 7) is 4.47. The number of anilines is 3. The monoisotopic (exact) mass is 401 g/mol. The van der Waals surface area contributed by atoms with Gasteiger partial charge in [-0.1, -0.05) is 30.3 Å². The van der Waals surface area contributed by atoms with Crippen molar-refractivity contribution in [3.8, 4) is 0 Å². The van der Waals surface area contributed by atoms with Gasteiger partial charge in [-0.3, -0.25) is 0 Å². The van der Waals surface area contributed by atoms with Crippen molar-refractivity contribution in [2.75, 3.05) is 57.0 Å². The number of benzene rings is 3. The van der Waals surface area contributed by atoms with Gasteiger partial charge in [0.1, 0.15) is 0 Å². The van der Waals surface area contributed by atoms with Crippen LogP contribution in [0.3, 0.4) is 0 Å². The first kappa shape index (κ1) is 21.8. The van der Waals surface area contributed by atoms with E-state index in [9.17, 15) is 0 Å². The van der Waals surface area contributed by atoms with Crippen LogP contribution in [0.4, 0.5) is 17.1 Å². The molecule has 3 aromatic rings. The molecule has 0 aliphatic carbocycles. The zero-order valence-electron chi connectivity index (χ0n) is 19.7. The van der Waals surface area contributed by atoms with Crippen molar-refractivity contribution in [1.29, 1.82) is 0 Å². The summed E-state index contributed by atoms with van der Waals surface area (Å²) in [5.74, 6) is 0.177. The Bertz CT molecular complexity index is 961. The third-order valence-corrected chi connectivity index (χ3v) is 5.89. The molecule has 0 atom stereocenters. The molecule has 0 aliphatic heterocycles. The minimum Gasteiger partial charge on any atom is -0.378 e. The number of aryl methyl sites for hydroxylation is 2. The van der Waals surface area contributed by atoms with Crippen LogP contribution in [-0.4, -0.2) is 42.3 Å². The highest BCUT2D eigenvalue weighted by Gasteiger charge is 2.24. The molecule has 0 spiro atoms. The van der Waals surface area contributed by atoms with Crippen LogP contribution in [0.25, 0.3) is 0 Å². The minimum absolute atomic E-state index is 0.177. The normalized spacial score (nSPS) is 11.0. The first-order chi connectivity index (χ1) is 14.2. The van der Waals surface area contributed by atoms with Gasteiger partial charge in [-0.25, -0.2) is 0 Å². The molecule has 0 heterocycles. The molecule has 158 valence electrons. The molecule has 3 nitrogen and oxygen atoms in total. The standard InChI is InChI=1S/C27H35N3/c1-19-17-21(28(3)4)13-15-23(19)27(25-11-9-10-12-26(25)30(7)8)24-16-14-22(29(5)6)18-20(24)2/h9-18,27H,1-8H3. The molecular formula is C27H35N3.